The number of methoxy groups -OCH3 is 1. The number of amides is 3. The average molecular weight is 498 g/mol. The van der Waals surface area contributed by atoms with Crippen molar-refractivity contribution in [1.82, 2.24) is 14.7 Å². The molecule has 0 unspecified atom stereocenters. The molecule has 0 radical (unpaired) electrons. The van der Waals surface area contributed by atoms with Crippen molar-refractivity contribution in [3.05, 3.63) is 64.2 Å². The van der Waals surface area contributed by atoms with Gasteiger partial charge < -0.3 is 19.4 Å². The highest BCUT2D eigenvalue weighted by Gasteiger charge is 2.32. The Balaban J connectivity index is 1.32. The van der Waals surface area contributed by atoms with Crippen LogP contribution in [0.2, 0.25) is 5.02 Å². The predicted octanol–water partition coefficient (Wildman–Crippen LogP) is 3.88. The number of likely N-dealkylation sites (tertiary alicyclic amines) is 1. The Kier molecular flexibility index (Phi) is 7.96. The van der Waals surface area contributed by atoms with Crippen LogP contribution in [0.3, 0.4) is 0 Å². The van der Waals surface area contributed by atoms with E-state index in [2.05, 4.69) is 0 Å². The van der Waals surface area contributed by atoms with Crippen molar-refractivity contribution in [3.8, 4) is 5.75 Å². The van der Waals surface area contributed by atoms with Crippen LogP contribution in [-0.2, 0) is 4.79 Å². The summed E-state index contributed by atoms with van der Waals surface area (Å²) in [6.07, 6.45) is 2.00. The maximum atomic E-state index is 13.3. The summed E-state index contributed by atoms with van der Waals surface area (Å²) in [5, 5.41) is 0.482. The Labute approximate surface area is 211 Å². The highest BCUT2D eigenvalue weighted by Crippen LogP contribution is 2.27. The van der Waals surface area contributed by atoms with Gasteiger partial charge in [-0.15, -0.1) is 0 Å². The fraction of sp³-hybridized carbons (Fsp3) is 0.444. The smallest absolute Gasteiger partial charge is 0.257 e. The monoisotopic (exact) mass is 497 g/mol. The third-order valence-corrected chi connectivity index (χ3v) is 7.12. The normalized spacial score (nSPS) is 17.2. The van der Waals surface area contributed by atoms with Crippen molar-refractivity contribution in [3.63, 3.8) is 0 Å². The summed E-state index contributed by atoms with van der Waals surface area (Å²) in [6, 6.07) is 12.6. The first-order valence-electron chi connectivity index (χ1n) is 12.1. The zero-order valence-electron chi connectivity index (χ0n) is 20.3. The molecule has 8 heteroatoms. The van der Waals surface area contributed by atoms with Gasteiger partial charge in [0.1, 0.15) is 5.75 Å². The summed E-state index contributed by atoms with van der Waals surface area (Å²) in [4.78, 5) is 44.8. The molecule has 186 valence electrons. The molecule has 7 nitrogen and oxygen atoms in total. The van der Waals surface area contributed by atoms with E-state index in [0.29, 0.717) is 74.0 Å². The van der Waals surface area contributed by atoms with Gasteiger partial charge in [0.2, 0.25) is 5.91 Å². The largest absolute Gasteiger partial charge is 0.496 e. The fourth-order valence-corrected chi connectivity index (χ4v) is 5.08. The first-order valence-corrected chi connectivity index (χ1v) is 12.5. The van der Waals surface area contributed by atoms with Crippen molar-refractivity contribution < 1.29 is 19.1 Å². The van der Waals surface area contributed by atoms with E-state index in [1.807, 2.05) is 41.0 Å². The maximum Gasteiger partial charge on any atom is 0.257 e. The van der Waals surface area contributed by atoms with Crippen molar-refractivity contribution in [2.45, 2.75) is 26.2 Å². The maximum absolute atomic E-state index is 13.3. The number of carbonyl (C=O) groups excluding carboxylic acids is 3. The summed E-state index contributed by atoms with van der Waals surface area (Å²) in [6.45, 7) is 5.36. The Morgan fingerprint density at radius 1 is 0.857 bits per heavy atom. The summed E-state index contributed by atoms with van der Waals surface area (Å²) in [5.41, 5.74) is 2.19. The van der Waals surface area contributed by atoms with Gasteiger partial charge in [-0.2, -0.15) is 0 Å². The van der Waals surface area contributed by atoms with Gasteiger partial charge in [0.15, 0.2) is 0 Å². The Morgan fingerprint density at radius 3 is 2.26 bits per heavy atom. The second kappa shape index (κ2) is 11.1. The van der Waals surface area contributed by atoms with Crippen LogP contribution in [0.4, 0.5) is 0 Å². The second-order valence-electron chi connectivity index (χ2n) is 9.25. The van der Waals surface area contributed by atoms with E-state index in [4.69, 9.17) is 16.3 Å². The molecule has 3 amide bonds. The zero-order chi connectivity index (χ0) is 24.9. The van der Waals surface area contributed by atoms with Gasteiger partial charge in [-0.1, -0.05) is 29.3 Å². The molecule has 0 aliphatic carbocycles. The zero-order valence-corrected chi connectivity index (χ0v) is 21.1. The molecule has 0 atom stereocenters. The number of hydrogen-bond acceptors (Lipinski definition) is 4. The van der Waals surface area contributed by atoms with E-state index in [9.17, 15) is 14.4 Å². The molecular weight excluding hydrogens is 466 g/mol. The molecular formula is C27H32ClN3O4. The standard InChI is InChI=1S/C27H32ClN3O4/c1-19-5-3-6-21(17-19)26(33)30-12-4-11-29(15-16-30)25(32)20-9-13-31(14-10-20)27(34)23-18-22(28)7-8-24(23)35-2/h3,5-8,17-18,20H,4,9-16H2,1-2H3. The molecule has 0 aromatic heterocycles. The van der Waals surface area contributed by atoms with Crippen LogP contribution < -0.4 is 4.74 Å². The topological polar surface area (TPSA) is 70.2 Å². The van der Waals surface area contributed by atoms with Crippen molar-refractivity contribution in [1.29, 1.82) is 0 Å². The number of ether oxygens (including phenoxy) is 1. The number of piperidine rings is 1. The van der Waals surface area contributed by atoms with E-state index >= 15 is 0 Å². The number of rotatable bonds is 4. The molecule has 35 heavy (non-hydrogen) atoms. The number of nitrogens with zero attached hydrogens (tertiary/aromatic N) is 3. The Bertz CT molecular complexity index is 1100. The highest BCUT2D eigenvalue weighted by molar-refractivity contribution is 6.31. The first kappa shape index (κ1) is 25.0. The SMILES string of the molecule is COc1ccc(Cl)cc1C(=O)N1CCC(C(=O)N2CCCN(C(=O)c3cccc(C)c3)CC2)CC1. The van der Waals surface area contributed by atoms with E-state index in [1.54, 1.807) is 23.1 Å². The Morgan fingerprint density at radius 2 is 1.54 bits per heavy atom. The van der Waals surface area contributed by atoms with Crippen LogP contribution in [0.15, 0.2) is 42.5 Å². The number of carbonyl (C=O) groups is 3. The van der Waals surface area contributed by atoms with E-state index in [1.165, 1.54) is 7.11 Å². The molecule has 2 aliphatic rings. The Hall–Kier alpha value is -3.06. The van der Waals surface area contributed by atoms with Crippen LogP contribution in [0.25, 0.3) is 0 Å². The minimum atomic E-state index is -0.129. The third-order valence-electron chi connectivity index (χ3n) is 6.88. The summed E-state index contributed by atoms with van der Waals surface area (Å²) in [7, 11) is 1.53. The van der Waals surface area contributed by atoms with Gasteiger partial charge in [0.05, 0.1) is 12.7 Å². The lowest BCUT2D eigenvalue weighted by molar-refractivity contribution is -0.136. The van der Waals surface area contributed by atoms with E-state index < -0.39 is 0 Å². The van der Waals surface area contributed by atoms with Crippen molar-refractivity contribution in [2.24, 2.45) is 5.92 Å². The molecule has 2 fully saturated rings. The number of hydrogen-bond donors (Lipinski definition) is 0. The molecule has 0 N–H and O–H groups in total. The van der Waals surface area contributed by atoms with Crippen LogP contribution in [0.1, 0.15) is 45.5 Å². The lowest BCUT2D eigenvalue weighted by atomic mass is 9.94. The molecule has 0 bridgehead atoms. The quantitative estimate of drug-likeness (QED) is 0.642. The van der Waals surface area contributed by atoms with Crippen LogP contribution >= 0.6 is 11.6 Å². The van der Waals surface area contributed by atoms with Gasteiger partial charge in [0.25, 0.3) is 11.8 Å². The van der Waals surface area contributed by atoms with Gasteiger partial charge >= 0.3 is 0 Å². The average Bonchev–Trinajstić information content (AvgIpc) is 3.14. The number of halogens is 1. The van der Waals surface area contributed by atoms with Crippen LogP contribution in [0, 0.1) is 12.8 Å². The van der Waals surface area contributed by atoms with E-state index in [0.717, 1.165) is 12.0 Å². The molecule has 4 rings (SSSR count). The van der Waals surface area contributed by atoms with Crippen molar-refractivity contribution in [2.75, 3.05) is 46.4 Å². The van der Waals surface area contributed by atoms with Gasteiger partial charge in [-0.05, 0) is 56.5 Å². The molecule has 2 aromatic rings. The van der Waals surface area contributed by atoms with Gasteiger partial charge in [-0.25, -0.2) is 0 Å². The summed E-state index contributed by atoms with van der Waals surface area (Å²) in [5.74, 6) is 0.398. The molecule has 0 saturated carbocycles. The second-order valence-corrected chi connectivity index (χ2v) is 9.69. The molecule has 2 aliphatic heterocycles. The summed E-state index contributed by atoms with van der Waals surface area (Å²) < 4.78 is 5.33. The van der Waals surface area contributed by atoms with E-state index in [-0.39, 0.29) is 23.6 Å². The highest BCUT2D eigenvalue weighted by atomic mass is 35.5. The fourth-order valence-electron chi connectivity index (χ4n) is 4.91. The van der Waals surface area contributed by atoms with Crippen LogP contribution in [0.5, 0.6) is 5.75 Å². The van der Waals surface area contributed by atoms with Gasteiger partial charge in [-0.3, -0.25) is 14.4 Å². The molecule has 2 heterocycles. The minimum Gasteiger partial charge on any atom is -0.496 e. The lowest BCUT2D eigenvalue weighted by Gasteiger charge is -2.34. The number of benzene rings is 2. The molecule has 2 aromatic carbocycles. The van der Waals surface area contributed by atoms with Crippen molar-refractivity contribution >= 4 is 29.3 Å². The minimum absolute atomic E-state index is 0.0197. The predicted molar refractivity (Wildman–Crippen MR) is 135 cm³/mol. The van der Waals surface area contributed by atoms with Crippen LogP contribution in [-0.4, -0.2) is 78.8 Å². The summed E-state index contributed by atoms with van der Waals surface area (Å²) >= 11 is 6.09. The molecule has 0 spiro atoms. The molecule has 2 saturated heterocycles. The van der Waals surface area contributed by atoms with Gasteiger partial charge in [0, 0.05) is 55.8 Å². The third kappa shape index (κ3) is 5.78. The number of aryl methyl sites for hydroxylation is 1. The first-order chi connectivity index (χ1) is 16.9. The lowest BCUT2D eigenvalue weighted by Crippen LogP contribution is -2.45.